The van der Waals surface area contributed by atoms with Crippen molar-refractivity contribution in [3.63, 3.8) is 0 Å². The monoisotopic (exact) mass is 312 g/mol. The molecule has 2 aromatic rings. The van der Waals surface area contributed by atoms with Crippen LogP contribution in [-0.4, -0.2) is 42.9 Å². The molecule has 0 unspecified atom stereocenters. The molecule has 0 spiro atoms. The molecule has 4 nitrogen and oxygen atoms in total. The molecule has 3 rings (SSSR count). The van der Waals surface area contributed by atoms with E-state index in [0.717, 1.165) is 5.56 Å². The normalized spacial score (nSPS) is 15.5. The summed E-state index contributed by atoms with van der Waals surface area (Å²) in [5.74, 6) is -0.578. The highest BCUT2D eigenvalue weighted by Gasteiger charge is 2.19. The Morgan fingerprint density at radius 1 is 1.00 bits per heavy atom. The average molecular weight is 312 g/mol. The predicted octanol–water partition coefficient (Wildman–Crippen LogP) is 2.74. The second kappa shape index (κ2) is 7.15. The van der Waals surface area contributed by atoms with E-state index in [1.807, 2.05) is 35.2 Å². The molecule has 1 amide bonds. The third-order valence-electron chi connectivity index (χ3n) is 3.65. The second-order valence-electron chi connectivity index (χ2n) is 5.19. The van der Waals surface area contributed by atoms with Gasteiger partial charge in [-0.3, -0.25) is 4.79 Å². The molecule has 1 aliphatic heterocycles. The molecule has 0 bridgehead atoms. The number of amidine groups is 1. The van der Waals surface area contributed by atoms with E-state index in [0.29, 0.717) is 32.1 Å². The van der Waals surface area contributed by atoms with E-state index in [1.54, 1.807) is 12.1 Å². The summed E-state index contributed by atoms with van der Waals surface area (Å²) in [4.78, 5) is 18.6. The van der Waals surface area contributed by atoms with E-state index < -0.39 is 11.7 Å². The molecule has 1 aliphatic rings. The summed E-state index contributed by atoms with van der Waals surface area (Å²) in [7, 11) is 0. The fourth-order valence-corrected chi connectivity index (χ4v) is 2.47. The van der Waals surface area contributed by atoms with Crippen LogP contribution in [0, 0.1) is 5.82 Å². The maximum atomic E-state index is 13.8. The summed E-state index contributed by atoms with van der Waals surface area (Å²) < 4.78 is 19.2. The van der Waals surface area contributed by atoms with Gasteiger partial charge in [0.15, 0.2) is 0 Å². The van der Waals surface area contributed by atoms with Gasteiger partial charge >= 0.3 is 0 Å². The smallest absolute Gasteiger partial charge is 0.281 e. The van der Waals surface area contributed by atoms with Crippen molar-refractivity contribution in [3.8, 4) is 0 Å². The Kier molecular flexibility index (Phi) is 4.78. The SMILES string of the molecule is O=C(N=C(c1ccccc1)N1CCOCC1)c1ccccc1F. The van der Waals surface area contributed by atoms with Gasteiger partial charge in [-0.2, -0.15) is 4.99 Å². The highest BCUT2D eigenvalue weighted by atomic mass is 19.1. The van der Waals surface area contributed by atoms with Gasteiger partial charge in [0.25, 0.3) is 5.91 Å². The third kappa shape index (κ3) is 3.63. The van der Waals surface area contributed by atoms with Crippen LogP contribution in [0.1, 0.15) is 15.9 Å². The zero-order valence-electron chi connectivity index (χ0n) is 12.6. The van der Waals surface area contributed by atoms with Crippen molar-refractivity contribution < 1.29 is 13.9 Å². The van der Waals surface area contributed by atoms with Crippen molar-refractivity contribution in [3.05, 3.63) is 71.5 Å². The Morgan fingerprint density at radius 2 is 1.65 bits per heavy atom. The number of halogens is 1. The maximum Gasteiger partial charge on any atom is 0.281 e. The van der Waals surface area contributed by atoms with Crippen molar-refractivity contribution in [2.45, 2.75) is 0 Å². The number of hydrogen-bond donors (Lipinski definition) is 0. The molecule has 0 aromatic heterocycles. The molecule has 2 aromatic carbocycles. The predicted molar refractivity (Wildman–Crippen MR) is 86.1 cm³/mol. The minimum Gasteiger partial charge on any atom is -0.378 e. The first-order valence-electron chi connectivity index (χ1n) is 7.51. The lowest BCUT2D eigenvalue weighted by molar-refractivity contribution is 0.0678. The first kappa shape index (κ1) is 15.4. The molecular weight excluding hydrogens is 295 g/mol. The van der Waals surface area contributed by atoms with Crippen LogP contribution in [0.4, 0.5) is 4.39 Å². The van der Waals surface area contributed by atoms with E-state index in [2.05, 4.69) is 4.99 Å². The van der Waals surface area contributed by atoms with Crippen molar-refractivity contribution in [2.75, 3.05) is 26.3 Å². The Labute approximate surface area is 134 Å². The molecule has 0 N–H and O–H groups in total. The van der Waals surface area contributed by atoms with Crippen molar-refractivity contribution in [1.82, 2.24) is 4.90 Å². The fourth-order valence-electron chi connectivity index (χ4n) is 2.47. The number of ether oxygens (including phenoxy) is 1. The highest BCUT2D eigenvalue weighted by molar-refractivity contribution is 6.09. The van der Waals surface area contributed by atoms with E-state index in [1.165, 1.54) is 12.1 Å². The van der Waals surface area contributed by atoms with Crippen LogP contribution in [0.25, 0.3) is 0 Å². The molecule has 5 heteroatoms. The van der Waals surface area contributed by atoms with E-state index in [-0.39, 0.29) is 5.56 Å². The molecule has 118 valence electrons. The highest BCUT2D eigenvalue weighted by Crippen LogP contribution is 2.13. The van der Waals surface area contributed by atoms with Gasteiger partial charge in [0.2, 0.25) is 0 Å². The molecule has 0 saturated carbocycles. The van der Waals surface area contributed by atoms with Gasteiger partial charge in [-0.1, -0.05) is 42.5 Å². The first-order chi connectivity index (χ1) is 11.3. The average Bonchev–Trinajstić information content (AvgIpc) is 2.61. The van der Waals surface area contributed by atoms with Crippen LogP contribution in [0.5, 0.6) is 0 Å². The molecule has 1 heterocycles. The number of rotatable bonds is 2. The second-order valence-corrected chi connectivity index (χ2v) is 5.19. The third-order valence-corrected chi connectivity index (χ3v) is 3.65. The van der Waals surface area contributed by atoms with Gasteiger partial charge in [-0.25, -0.2) is 4.39 Å². The number of nitrogens with zero attached hydrogens (tertiary/aromatic N) is 2. The van der Waals surface area contributed by atoms with Gasteiger partial charge in [-0.05, 0) is 12.1 Å². The number of carbonyl (C=O) groups excluding carboxylic acids is 1. The summed E-state index contributed by atoms with van der Waals surface area (Å²) >= 11 is 0. The van der Waals surface area contributed by atoms with Crippen LogP contribution in [0.2, 0.25) is 0 Å². The molecule has 0 aliphatic carbocycles. The fraction of sp³-hybridized carbons (Fsp3) is 0.222. The Hall–Kier alpha value is -2.53. The molecule has 1 fully saturated rings. The molecular formula is C18H17FN2O2. The number of carbonyl (C=O) groups is 1. The molecule has 1 saturated heterocycles. The number of benzene rings is 2. The van der Waals surface area contributed by atoms with Crippen LogP contribution in [-0.2, 0) is 4.74 Å². The van der Waals surface area contributed by atoms with E-state index >= 15 is 0 Å². The molecule has 0 atom stereocenters. The van der Waals surface area contributed by atoms with Crippen LogP contribution in [0.3, 0.4) is 0 Å². The number of aliphatic imine (C=N–C) groups is 1. The summed E-state index contributed by atoms with van der Waals surface area (Å²) in [6.07, 6.45) is 0. The molecule has 0 radical (unpaired) electrons. The van der Waals surface area contributed by atoms with Crippen molar-refractivity contribution in [1.29, 1.82) is 0 Å². The first-order valence-corrected chi connectivity index (χ1v) is 7.51. The lowest BCUT2D eigenvalue weighted by atomic mass is 10.1. The minimum absolute atomic E-state index is 0.0193. The van der Waals surface area contributed by atoms with Crippen molar-refractivity contribution >= 4 is 11.7 Å². The number of morpholine rings is 1. The standard InChI is InChI=1S/C18H17FN2O2/c19-16-9-5-4-8-15(16)18(22)20-17(14-6-2-1-3-7-14)21-10-12-23-13-11-21/h1-9H,10-13H2. The van der Waals surface area contributed by atoms with Crippen LogP contribution >= 0.6 is 0 Å². The Bertz CT molecular complexity index is 710. The topological polar surface area (TPSA) is 41.9 Å². The van der Waals surface area contributed by atoms with Gasteiger partial charge in [-0.15, -0.1) is 0 Å². The summed E-state index contributed by atoms with van der Waals surface area (Å²) in [5.41, 5.74) is 0.813. The summed E-state index contributed by atoms with van der Waals surface area (Å²) in [6, 6.07) is 15.4. The Balaban J connectivity index is 1.97. The van der Waals surface area contributed by atoms with Gasteiger partial charge < -0.3 is 9.64 Å². The van der Waals surface area contributed by atoms with Crippen LogP contribution < -0.4 is 0 Å². The van der Waals surface area contributed by atoms with Gasteiger partial charge in [0, 0.05) is 18.7 Å². The zero-order valence-corrected chi connectivity index (χ0v) is 12.6. The molecule has 23 heavy (non-hydrogen) atoms. The number of hydrogen-bond acceptors (Lipinski definition) is 2. The Morgan fingerprint density at radius 3 is 2.35 bits per heavy atom. The van der Waals surface area contributed by atoms with Gasteiger partial charge in [0.05, 0.1) is 18.8 Å². The van der Waals surface area contributed by atoms with Crippen molar-refractivity contribution in [2.24, 2.45) is 4.99 Å². The minimum atomic E-state index is -0.576. The van der Waals surface area contributed by atoms with E-state index in [4.69, 9.17) is 4.74 Å². The lowest BCUT2D eigenvalue weighted by Gasteiger charge is -2.29. The largest absolute Gasteiger partial charge is 0.378 e. The summed E-state index contributed by atoms with van der Waals surface area (Å²) in [5, 5.41) is 0. The van der Waals surface area contributed by atoms with E-state index in [9.17, 15) is 9.18 Å². The quantitative estimate of drug-likeness (QED) is 0.632. The maximum absolute atomic E-state index is 13.8. The zero-order chi connectivity index (χ0) is 16.1. The van der Waals surface area contributed by atoms with Crippen LogP contribution in [0.15, 0.2) is 59.6 Å². The lowest BCUT2D eigenvalue weighted by Crippen LogP contribution is -2.41. The summed E-state index contributed by atoms with van der Waals surface area (Å²) in [6.45, 7) is 2.47. The number of amides is 1. The van der Waals surface area contributed by atoms with Gasteiger partial charge in [0.1, 0.15) is 11.7 Å².